The van der Waals surface area contributed by atoms with Crippen molar-refractivity contribution in [2.75, 3.05) is 6.79 Å². The molecule has 1 atom stereocenters. The molecule has 1 heterocycles. The van der Waals surface area contributed by atoms with Crippen molar-refractivity contribution < 1.29 is 14.6 Å². The van der Waals surface area contributed by atoms with Crippen LogP contribution in [0.1, 0.15) is 83.1 Å². The largest absolute Gasteiger partial charge is 0.454 e. The van der Waals surface area contributed by atoms with Crippen molar-refractivity contribution in [2.24, 2.45) is 0 Å². The van der Waals surface area contributed by atoms with Gasteiger partial charge in [-0.25, -0.2) is 0 Å². The van der Waals surface area contributed by atoms with Gasteiger partial charge in [0, 0.05) is 0 Å². The smallest absolute Gasteiger partial charge is 0.231 e. The van der Waals surface area contributed by atoms with Gasteiger partial charge in [-0.15, -0.1) is 0 Å². The standard InChI is InChI=1S/C21H34O3/c1-18(22)12-10-8-6-4-2-3-5-7-9-11-13-19-14-15-20-21(16-19)24-17-23-20/h14-16,18,22H,2-13,17H2,1H3/t18-/m0/s1. The van der Waals surface area contributed by atoms with Gasteiger partial charge in [0.1, 0.15) is 0 Å². The molecule has 0 aliphatic carbocycles. The van der Waals surface area contributed by atoms with Gasteiger partial charge in [0.15, 0.2) is 11.5 Å². The number of unbranched alkanes of at least 4 members (excludes halogenated alkanes) is 9. The lowest BCUT2D eigenvalue weighted by Gasteiger charge is -2.05. The molecular weight excluding hydrogens is 300 g/mol. The van der Waals surface area contributed by atoms with Crippen molar-refractivity contribution in [3.05, 3.63) is 23.8 Å². The lowest BCUT2D eigenvalue weighted by molar-refractivity contribution is 0.174. The zero-order valence-electron chi connectivity index (χ0n) is 15.3. The summed E-state index contributed by atoms with van der Waals surface area (Å²) in [7, 11) is 0. The zero-order valence-corrected chi connectivity index (χ0v) is 15.3. The van der Waals surface area contributed by atoms with Gasteiger partial charge in [-0.05, 0) is 43.9 Å². The Bertz CT molecular complexity index is 456. The molecule has 136 valence electrons. The van der Waals surface area contributed by atoms with Crippen LogP contribution in [0.2, 0.25) is 0 Å². The van der Waals surface area contributed by atoms with Gasteiger partial charge in [0.05, 0.1) is 6.10 Å². The van der Waals surface area contributed by atoms with Crippen molar-refractivity contribution >= 4 is 0 Å². The van der Waals surface area contributed by atoms with E-state index < -0.39 is 0 Å². The summed E-state index contributed by atoms with van der Waals surface area (Å²) in [6.45, 7) is 2.24. The van der Waals surface area contributed by atoms with Gasteiger partial charge in [-0.3, -0.25) is 0 Å². The fraction of sp³-hybridized carbons (Fsp3) is 0.714. The third-order valence-electron chi connectivity index (χ3n) is 4.77. The van der Waals surface area contributed by atoms with Crippen molar-refractivity contribution in [2.45, 2.75) is 90.1 Å². The number of hydrogen-bond donors (Lipinski definition) is 1. The topological polar surface area (TPSA) is 38.7 Å². The summed E-state index contributed by atoms with van der Waals surface area (Å²) in [5.74, 6) is 1.78. The van der Waals surface area contributed by atoms with E-state index in [9.17, 15) is 5.11 Å². The Morgan fingerprint density at radius 2 is 1.42 bits per heavy atom. The van der Waals surface area contributed by atoms with Gasteiger partial charge in [-0.1, -0.05) is 63.9 Å². The minimum absolute atomic E-state index is 0.123. The first-order chi connectivity index (χ1) is 11.8. The number of aryl methyl sites for hydroxylation is 1. The van der Waals surface area contributed by atoms with Crippen LogP contribution in [0.4, 0.5) is 0 Å². The predicted octanol–water partition coefficient (Wildman–Crippen LogP) is 5.63. The first-order valence-corrected chi connectivity index (χ1v) is 9.82. The first-order valence-electron chi connectivity index (χ1n) is 9.82. The van der Waals surface area contributed by atoms with Gasteiger partial charge in [0.25, 0.3) is 0 Å². The van der Waals surface area contributed by atoms with Crippen LogP contribution >= 0.6 is 0 Å². The summed E-state index contributed by atoms with van der Waals surface area (Å²) >= 11 is 0. The van der Waals surface area contributed by atoms with E-state index in [-0.39, 0.29) is 6.10 Å². The van der Waals surface area contributed by atoms with Crippen molar-refractivity contribution in [3.8, 4) is 11.5 Å². The quantitative estimate of drug-likeness (QED) is 0.475. The fourth-order valence-corrected chi connectivity index (χ4v) is 3.28. The molecule has 0 saturated heterocycles. The van der Waals surface area contributed by atoms with Gasteiger partial charge < -0.3 is 14.6 Å². The highest BCUT2D eigenvalue weighted by Gasteiger charge is 2.12. The molecule has 3 nitrogen and oxygen atoms in total. The molecule has 1 aromatic rings. The van der Waals surface area contributed by atoms with Crippen LogP contribution in [-0.2, 0) is 6.42 Å². The van der Waals surface area contributed by atoms with Crippen LogP contribution in [-0.4, -0.2) is 18.0 Å². The molecule has 1 aliphatic rings. The highest BCUT2D eigenvalue weighted by Crippen LogP contribution is 2.32. The van der Waals surface area contributed by atoms with E-state index in [0.29, 0.717) is 6.79 Å². The SMILES string of the molecule is C[C@H](O)CCCCCCCCCCCCc1ccc2c(c1)OCO2. The number of rotatable bonds is 13. The Morgan fingerprint density at radius 3 is 2.08 bits per heavy atom. The number of aliphatic hydroxyl groups is 1. The van der Waals surface area contributed by atoms with Crippen molar-refractivity contribution in [1.29, 1.82) is 0 Å². The molecule has 0 saturated carbocycles. The Hall–Kier alpha value is -1.22. The molecule has 0 unspecified atom stereocenters. The van der Waals surface area contributed by atoms with Crippen LogP contribution in [0.15, 0.2) is 18.2 Å². The lowest BCUT2D eigenvalue weighted by Crippen LogP contribution is -1.98. The Morgan fingerprint density at radius 1 is 0.833 bits per heavy atom. The average molecular weight is 335 g/mol. The molecule has 2 rings (SSSR count). The molecule has 0 bridgehead atoms. The number of ether oxygens (including phenoxy) is 2. The van der Waals surface area contributed by atoms with E-state index in [1.165, 1.54) is 69.8 Å². The van der Waals surface area contributed by atoms with Crippen LogP contribution in [0, 0.1) is 0 Å². The fourth-order valence-electron chi connectivity index (χ4n) is 3.28. The number of aliphatic hydroxyl groups excluding tert-OH is 1. The highest BCUT2D eigenvalue weighted by atomic mass is 16.7. The summed E-state index contributed by atoms with van der Waals surface area (Å²) in [6, 6.07) is 6.31. The maximum atomic E-state index is 9.20. The van der Waals surface area contributed by atoms with Crippen LogP contribution < -0.4 is 9.47 Å². The van der Waals surface area contributed by atoms with Gasteiger partial charge in [0.2, 0.25) is 6.79 Å². The third kappa shape index (κ3) is 7.57. The minimum Gasteiger partial charge on any atom is -0.454 e. The van der Waals surface area contributed by atoms with E-state index in [1.807, 2.05) is 13.0 Å². The molecule has 1 aromatic carbocycles. The third-order valence-corrected chi connectivity index (χ3v) is 4.77. The molecule has 0 radical (unpaired) electrons. The minimum atomic E-state index is -0.123. The summed E-state index contributed by atoms with van der Waals surface area (Å²) in [6.07, 6.45) is 15.2. The number of fused-ring (bicyclic) bond motifs is 1. The lowest BCUT2D eigenvalue weighted by atomic mass is 10.0. The summed E-state index contributed by atoms with van der Waals surface area (Å²) in [5.41, 5.74) is 1.36. The second kappa shape index (κ2) is 11.4. The normalized spacial score (nSPS) is 14.1. The second-order valence-electron chi connectivity index (χ2n) is 7.11. The molecule has 1 N–H and O–H groups in total. The molecular formula is C21H34O3. The van der Waals surface area contributed by atoms with Crippen molar-refractivity contribution in [3.63, 3.8) is 0 Å². The van der Waals surface area contributed by atoms with Gasteiger partial charge >= 0.3 is 0 Å². The Labute approximate surface area is 147 Å². The second-order valence-corrected chi connectivity index (χ2v) is 7.11. The highest BCUT2D eigenvalue weighted by molar-refractivity contribution is 5.44. The summed E-state index contributed by atoms with van der Waals surface area (Å²) in [4.78, 5) is 0. The number of benzene rings is 1. The molecule has 0 amide bonds. The first kappa shape index (κ1) is 19.1. The summed E-state index contributed by atoms with van der Waals surface area (Å²) < 4.78 is 10.8. The molecule has 0 fully saturated rings. The maximum absolute atomic E-state index is 9.20. The Balaban J connectivity index is 1.38. The van der Waals surface area contributed by atoms with Crippen molar-refractivity contribution in [1.82, 2.24) is 0 Å². The van der Waals surface area contributed by atoms with Crippen LogP contribution in [0.25, 0.3) is 0 Å². The zero-order chi connectivity index (χ0) is 17.0. The molecule has 0 spiro atoms. The molecule has 3 heteroatoms. The summed E-state index contributed by atoms with van der Waals surface area (Å²) in [5, 5.41) is 9.20. The van der Waals surface area contributed by atoms with E-state index in [4.69, 9.17) is 9.47 Å². The monoisotopic (exact) mass is 334 g/mol. The van der Waals surface area contributed by atoms with Crippen LogP contribution in [0.3, 0.4) is 0 Å². The van der Waals surface area contributed by atoms with E-state index in [2.05, 4.69) is 12.1 Å². The van der Waals surface area contributed by atoms with E-state index in [1.54, 1.807) is 0 Å². The number of hydrogen-bond acceptors (Lipinski definition) is 3. The molecule has 24 heavy (non-hydrogen) atoms. The Kier molecular flexibility index (Phi) is 9.04. The van der Waals surface area contributed by atoms with E-state index in [0.717, 1.165) is 24.3 Å². The molecule has 1 aliphatic heterocycles. The average Bonchev–Trinajstić information content (AvgIpc) is 3.03. The van der Waals surface area contributed by atoms with E-state index >= 15 is 0 Å². The molecule has 0 aromatic heterocycles. The van der Waals surface area contributed by atoms with Crippen LogP contribution in [0.5, 0.6) is 11.5 Å². The van der Waals surface area contributed by atoms with Gasteiger partial charge in [-0.2, -0.15) is 0 Å². The predicted molar refractivity (Wildman–Crippen MR) is 98.7 cm³/mol. The maximum Gasteiger partial charge on any atom is 0.231 e.